The molecule has 3 N–H and O–H groups in total. The summed E-state index contributed by atoms with van der Waals surface area (Å²) in [6.45, 7) is 4.10. The molecule has 0 aliphatic carbocycles. The molecule has 1 amide bonds. The summed E-state index contributed by atoms with van der Waals surface area (Å²) < 4.78 is 37.5. The van der Waals surface area contributed by atoms with Crippen molar-refractivity contribution >= 4 is 44.7 Å². The van der Waals surface area contributed by atoms with Crippen molar-refractivity contribution < 1.29 is 22.4 Å². The number of likely N-dealkylation sites (tertiary alicyclic amines) is 1. The van der Waals surface area contributed by atoms with Gasteiger partial charge >= 0.3 is 0 Å². The number of benzene rings is 2. The van der Waals surface area contributed by atoms with Crippen LogP contribution in [-0.2, 0) is 10.0 Å². The van der Waals surface area contributed by atoms with Gasteiger partial charge < -0.3 is 10.2 Å². The number of halogens is 2. The van der Waals surface area contributed by atoms with Crippen molar-refractivity contribution in [1.82, 2.24) is 9.88 Å². The van der Waals surface area contributed by atoms with Gasteiger partial charge in [0.2, 0.25) is 0 Å². The van der Waals surface area contributed by atoms with Crippen LogP contribution in [0.25, 0.3) is 0 Å². The Morgan fingerprint density at radius 3 is 2.38 bits per heavy atom. The van der Waals surface area contributed by atoms with Gasteiger partial charge in [0.25, 0.3) is 15.9 Å². The summed E-state index contributed by atoms with van der Waals surface area (Å²) >= 11 is 6.45. The van der Waals surface area contributed by atoms with E-state index in [1.807, 2.05) is 0 Å². The summed E-state index contributed by atoms with van der Waals surface area (Å²) in [6.07, 6.45) is 2.50. The van der Waals surface area contributed by atoms with Crippen molar-refractivity contribution in [3.05, 3.63) is 81.8 Å². The number of hydrogen-bond donors (Lipinski definition) is 2. The van der Waals surface area contributed by atoms with Crippen LogP contribution >= 0.6 is 11.6 Å². The lowest BCUT2D eigenvalue weighted by Crippen LogP contribution is -2.38. The Morgan fingerprint density at radius 1 is 1.14 bits per heavy atom. The fraction of sp³-hybridized carbons (Fsp3) is 0.269. The van der Waals surface area contributed by atoms with Crippen LogP contribution in [-0.4, -0.2) is 43.1 Å². The number of amides is 1. The van der Waals surface area contributed by atoms with E-state index in [2.05, 4.69) is 10.3 Å². The van der Waals surface area contributed by atoms with Gasteiger partial charge in [-0.15, -0.1) is 0 Å². The molecule has 1 fully saturated rings. The van der Waals surface area contributed by atoms with Gasteiger partial charge in [0.05, 0.1) is 11.3 Å². The van der Waals surface area contributed by atoms with E-state index in [-0.39, 0.29) is 39.7 Å². The smallest absolute Gasteiger partial charge is 0.257 e. The van der Waals surface area contributed by atoms with Crippen LogP contribution in [0.15, 0.2) is 53.7 Å². The zero-order valence-electron chi connectivity index (χ0n) is 20.3. The number of carbonyl (C=O) groups excluding carboxylic acids is 2. The third kappa shape index (κ3) is 5.82. The van der Waals surface area contributed by atoms with E-state index in [4.69, 9.17) is 16.7 Å². The van der Waals surface area contributed by atoms with E-state index < -0.39 is 15.0 Å². The Kier molecular flexibility index (Phi) is 7.63. The molecule has 0 atom stereocenters. The van der Waals surface area contributed by atoms with E-state index in [0.29, 0.717) is 37.2 Å². The monoisotopic (exact) mass is 544 g/mol. The topological polar surface area (TPSA) is 122 Å². The molecule has 0 spiro atoms. The van der Waals surface area contributed by atoms with E-state index in [9.17, 15) is 22.4 Å². The third-order valence-electron chi connectivity index (χ3n) is 6.51. The molecule has 37 heavy (non-hydrogen) atoms. The molecule has 8 nitrogen and oxygen atoms in total. The number of carbonyl (C=O) groups is 2. The molecular weight excluding hydrogens is 519 g/mol. The molecule has 1 aromatic heterocycles. The van der Waals surface area contributed by atoms with Crippen molar-refractivity contribution in [2.75, 3.05) is 18.4 Å². The maximum atomic E-state index is 13.6. The molecule has 1 aliphatic rings. The molecule has 0 bridgehead atoms. The fourth-order valence-electron chi connectivity index (χ4n) is 4.38. The van der Waals surface area contributed by atoms with E-state index in [0.717, 1.165) is 17.3 Å². The van der Waals surface area contributed by atoms with Gasteiger partial charge in [-0.25, -0.2) is 22.9 Å². The van der Waals surface area contributed by atoms with Crippen LogP contribution in [0.2, 0.25) is 5.02 Å². The molecule has 1 aliphatic heterocycles. The Balaban J connectivity index is 1.66. The Labute approximate surface area is 219 Å². The van der Waals surface area contributed by atoms with Crippen LogP contribution in [0, 0.1) is 12.7 Å². The van der Waals surface area contributed by atoms with Crippen molar-refractivity contribution in [3.63, 3.8) is 0 Å². The molecule has 1 saturated heterocycles. The third-order valence-corrected chi connectivity index (χ3v) is 7.84. The molecule has 0 radical (unpaired) electrons. The SMILES string of the molecule is CC(=O)c1ccc(C)c(Nc2c(C(=O)N3CCC(c4ccc(F)cc4)CC3)cnc(S(N)(=O)=O)c2Cl)c1. The lowest BCUT2D eigenvalue weighted by Gasteiger charge is -2.33. The van der Waals surface area contributed by atoms with E-state index >= 15 is 0 Å². The summed E-state index contributed by atoms with van der Waals surface area (Å²) in [4.78, 5) is 31.0. The van der Waals surface area contributed by atoms with Crippen molar-refractivity contribution in [3.8, 4) is 0 Å². The Morgan fingerprint density at radius 2 is 1.78 bits per heavy atom. The van der Waals surface area contributed by atoms with Gasteiger partial charge in [0.15, 0.2) is 10.8 Å². The highest BCUT2D eigenvalue weighted by molar-refractivity contribution is 7.89. The van der Waals surface area contributed by atoms with Crippen molar-refractivity contribution in [2.45, 2.75) is 37.6 Å². The summed E-state index contributed by atoms with van der Waals surface area (Å²) in [6, 6.07) is 11.4. The van der Waals surface area contributed by atoms with E-state index in [1.165, 1.54) is 19.1 Å². The highest BCUT2D eigenvalue weighted by Gasteiger charge is 2.29. The summed E-state index contributed by atoms with van der Waals surface area (Å²) in [7, 11) is -4.28. The second-order valence-corrected chi connectivity index (χ2v) is 10.9. The highest BCUT2D eigenvalue weighted by atomic mass is 35.5. The lowest BCUT2D eigenvalue weighted by atomic mass is 9.89. The quantitative estimate of drug-likeness (QED) is 0.430. The number of sulfonamides is 1. The number of piperidine rings is 1. The van der Waals surface area contributed by atoms with Crippen molar-refractivity contribution in [2.24, 2.45) is 5.14 Å². The van der Waals surface area contributed by atoms with Gasteiger partial charge in [-0.2, -0.15) is 0 Å². The molecule has 0 unspecified atom stereocenters. The van der Waals surface area contributed by atoms with Crippen LogP contribution < -0.4 is 10.5 Å². The van der Waals surface area contributed by atoms with Crippen molar-refractivity contribution in [1.29, 1.82) is 0 Å². The molecular formula is C26H26ClFN4O4S. The fourth-order valence-corrected chi connectivity index (χ4v) is 5.46. The average Bonchev–Trinajstić information content (AvgIpc) is 2.85. The first-order valence-corrected chi connectivity index (χ1v) is 13.5. The first-order chi connectivity index (χ1) is 17.5. The summed E-state index contributed by atoms with van der Waals surface area (Å²) in [5.74, 6) is -0.649. The number of nitrogens with zero attached hydrogens (tertiary/aromatic N) is 2. The number of hydrogen-bond acceptors (Lipinski definition) is 6. The highest BCUT2D eigenvalue weighted by Crippen LogP contribution is 2.36. The average molecular weight is 545 g/mol. The molecule has 194 valence electrons. The minimum atomic E-state index is -4.28. The van der Waals surface area contributed by atoms with Crippen LogP contribution in [0.3, 0.4) is 0 Å². The number of pyridine rings is 1. The molecule has 4 rings (SSSR count). The van der Waals surface area contributed by atoms with Gasteiger partial charge in [0.1, 0.15) is 10.8 Å². The zero-order chi connectivity index (χ0) is 26.9. The largest absolute Gasteiger partial charge is 0.353 e. The van der Waals surface area contributed by atoms with Gasteiger partial charge in [-0.1, -0.05) is 35.9 Å². The zero-order valence-corrected chi connectivity index (χ0v) is 21.9. The maximum Gasteiger partial charge on any atom is 0.257 e. The number of aryl methyl sites for hydroxylation is 1. The number of anilines is 2. The number of nitrogens with two attached hydrogens (primary N) is 1. The van der Waals surface area contributed by atoms with Gasteiger partial charge in [-0.05, 0) is 61.9 Å². The number of primary sulfonamides is 1. The maximum absolute atomic E-state index is 13.6. The number of rotatable bonds is 6. The Hall–Kier alpha value is -3.34. The normalized spacial score (nSPS) is 14.5. The first-order valence-electron chi connectivity index (χ1n) is 11.6. The summed E-state index contributed by atoms with van der Waals surface area (Å²) in [5.41, 5.74) is 2.78. The van der Waals surface area contributed by atoms with Gasteiger partial charge in [0, 0.05) is 30.5 Å². The Bertz CT molecular complexity index is 1470. The minimum absolute atomic E-state index is 0.0372. The standard InChI is InChI=1S/C26H26ClFN4O4S/c1-15-3-4-19(16(2)33)13-22(15)31-24-21(14-30-25(23(24)27)37(29,35)36)26(34)32-11-9-18(10-12-32)17-5-7-20(28)8-6-17/h3-8,13-14,18H,9-12H2,1-2H3,(H,30,31)(H2,29,35,36). The van der Waals surface area contributed by atoms with Crippen LogP contribution in [0.4, 0.5) is 15.8 Å². The van der Waals surface area contributed by atoms with Crippen LogP contribution in [0.5, 0.6) is 0 Å². The minimum Gasteiger partial charge on any atom is -0.353 e. The van der Waals surface area contributed by atoms with E-state index in [1.54, 1.807) is 42.2 Å². The van der Waals surface area contributed by atoms with Crippen LogP contribution in [0.1, 0.15) is 57.5 Å². The lowest BCUT2D eigenvalue weighted by molar-refractivity contribution is 0.0713. The first kappa shape index (κ1) is 26.7. The second kappa shape index (κ2) is 10.6. The number of Topliss-reactive ketones (excluding diaryl/α,β-unsaturated/α-hetero) is 1. The summed E-state index contributed by atoms with van der Waals surface area (Å²) in [5, 5.41) is 7.46. The number of aromatic nitrogens is 1. The molecule has 2 aromatic carbocycles. The molecule has 11 heteroatoms. The number of nitrogens with one attached hydrogen (secondary N) is 1. The molecule has 0 saturated carbocycles. The number of ketones is 1. The predicted octanol–water partition coefficient (Wildman–Crippen LogP) is 4.80. The molecule has 2 heterocycles. The van der Waals surface area contributed by atoms with Gasteiger partial charge in [-0.3, -0.25) is 9.59 Å². The predicted molar refractivity (Wildman–Crippen MR) is 139 cm³/mol. The molecule has 3 aromatic rings. The second-order valence-electron chi connectivity index (χ2n) is 9.04.